The van der Waals surface area contributed by atoms with E-state index in [1.54, 1.807) is 7.11 Å². The van der Waals surface area contributed by atoms with Gasteiger partial charge < -0.3 is 15.2 Å². The van der Waals surface area contributed by atoms with Crippen molar-refractivity contribution in [2.45, 2.75) is 24.8 Å². The topological polar surface area (TPSA) is 41.5 Å². The molecule has 0 aromatic carbocycles. The minimum Gasteiger partial charge on any atom is -0.394 e. The van der Waals surface area contributed by atoms with E-state index in [0.717, 1.165) is 26.0 Å². The van der Waals surface area contributed by atoms with Gasteiger partial charge in [-0.15, -0.1) is 0 Å². The van der Waals surface area contributed by atoms with Crippen LogP contribution in [0.4, 0.5) is 0 Å². The second-order valence-corrected chi connectivity index (χ2v) is 3.21. The molecule has 0 aromatic rings. The summed E-state index contributed by atoms with van der Waals surface area (Å²) in [6, 6.07) is 0. The van der Waals surface area contributed by atoms with Crippen LogP contribution in [0.5, 0.6) is 0 Å². The van der Waals surface area contributed by atoms with Crippen LogP contribution in [0, 0.1) is 0 Å². The minimum atomic E-state index is -0.0317. The maximum atomic E-state index is 9.13. The van der Waals surface area contributed by atoms with Crippen molar-refractivity contribution in [2.24, 2.45) is 0 Å². The van der Waals surface area contributed by atoms with Gasteiger partial charge in [0.1, 0.15) is 0 Å². The predicted molar refractivity (Wildman–Crippen MR) is 43.5 cm³/mol. The summed E-state index contributed by atoms with van der Waals surface area (Å²) in [5.74, 6) is 0. The number of hydrogen-bond donors (Lipinski definition) is 2. The van der Waals surface area contributed by atoms with Crippen LogP contribution in [-0.4, -0.2) is 37.5 Å². The van der Waals surface area contributed by atoms with Crippen molar-refractivity contribution in [3.05, 3.63) is 0 Å². The molecule has 1 heterocycles. The van der Waals surface area contributed by atoms with E-state index in [4.69, 9.17) is 9.84 Å². The zero-order valence-corrected chi connectivity index (χ0v) is 7.10. The van der Waals surface area contributed by atoms with Gasteiger partial charge in [0.25, 0.3) is 0 Å². The Morgan fingerprint density at radius 3 is 2.91 bits per heavy atom. The third-order valence-electron chi connectivity index (χ3n) is 2.42. The summed E-state index contributed by atoms with van der Waals surface area (Å²) >= 11 is 0. The Hall–Kier alpha value is -0.120. The molecule has 2 N–H and O–H groups in total. The van der Waals surface area contributed by atoms with Crippen molar-refractivity contribution < 1.29 is 9.84 Å². The van der Waals surface area contributed by atoms with Gasteiger partial charge in [-0.05, 0) is 25.8 Å². The average molecular weight is 159 g/mol. The number of hydrogen-bond acceptors (Lipinski definition) is 3. The predicted octanol–water partition coefficient (Wildman–Crippen LogP) is 0.137. The van der Waals surface area contributed by atoms with Gasteiger partial charge in [-0.3, -0.25) is 0 Å². The number of ether oxygens (including phenoxy) is 1. The molecule has 0 amide bonds. The van der Waals surface area contributed by atoms with Crippen LogP contribution in [0.3, 0.4) is 0 Å². The van der Waals surface area contributed by atoms with Crippen LogP contribution >= 0.6 is 0 Å². The highest BCUT2D eigenvalue weighted by atomic mass is 16.5. The fraction of sp³-hybridized carbons (Fsp3) is 1.00. The van der Waals surface area contributed by atoms with Crippen molar-refractivity contribution >= 4 is 0 Å². The standard InChI is InChI=1S/C8H17NO2/c1-11-6-4-8(7-10)3-2-5-9-8/h9-10H,2-7H2,1H3. The van der Waals surface area contributed by atoms with E-state index in [0.29, 0.717) is 0 Å². The third kappa shape index (κ3) is 2.15. The summed E-state index contributed by atoms with van der Waals surface area (Å²) in [6.07, 6.45) is 3.16. The molecule has 1 unspecified atom stereocenters. The minimum absolute atomic E-state index is 0.0317. The number of methoxy groups -OCH3 is 1. The van der Waals surface area contributed by atoms with Gasteiger partial charge in [0.05, 0.1) is 6.61 Å². The lowest BCUT2D eigenvalue weighted by Crippen LogP contribution is -2.44. The number of aliphatic hydroxyl groups is 1. The fourth-order valence-electron chi connectivity index (χ4n) is 1.59. The van der Waals surface area contributed by atoms with Crippen LogP contribution in [-0.2, 0) is 4.74 Å². The van der Waals surface area contributed by atoms with Gasteiger partial charge in [0.15, 0.2) is 0 Å². The summed E-state index contributed by atoms with van der Waals surface area (Å²) in [5, 5.41) is 12.4. The Labute approximate surface area is 67.7 Å². The normalized spacial score (nSPS) is 31.1. The van der Waals surface area contributed by atoms with Gasteiger partial charge in [0, 0.05) is 19.3 Å². The monoisotopic (exact) mass is 159 g/mol. The molecule has 0 aromatic heterocycles. The lowest BCUT2D eigenvalue weighted by Gasteiger charge is -2.26. The average Bonchev–Trinajstić information content (AvgIpc) is 2.50. The Balaban J connectivity index is 2.33. The molecule has 0 radical (unpaired) electrons. The molecule has 0 bridgehead atoms. The molecule has 3 nitrogen and oxygen atoms in total. The molecule has 1 atom stereocenters. The molecular formula is C8H17NO2. The van der Waals surface area contributed by atoms with Gasteiger partial charge in [-0.25, -0.2) is 0 Å². The summed E-state index contributed by atoms with van der Waals surface area (Å²) in [5.41, 5.74) is -0.0317. The first-order valence-corrected chi connectivity index (χ1v) is 4.18. The van der Waals surface area contributed by atoms with E-state index < -0.39 is 0 Å². The van der Waals surface area contributed by atoms with Crippen LogP contribution in [0.1, 0.15) is 19.3 Å². The lowest BCUT2D eigenvalue weighted by molar-refractivity contribution is 0.117. The van der Waals surface area contributed by atoms with Gasteiger partial charge >= 0.3 is 0 Å². The Morgan fingerprint density at radius 2 is 2.45 bits per heavy atom. The zero-order valence-electron chi connectivity index (χ0n) is 7.10. The highest BCUT2D eigenvalue weighted by molar-refractivity contribution is 4.92. The van der Waals surface area contributed by atoms with Crippen LogP contribution in [0.15, 0.2) is 0 Å². The molecule has 3 heteroatoms. The second-order valence-electron chi connectivity index (χ2n) is 3.21. The van der Waals surface area contributed by atoms with Gasteiger partial charge in [-0.1, -0.05) is 0 Å². The Kier molecular flexibility index (Phi) is 3.30. The van der Waals surface area contributed by atoms with E-state index in [1.165, 1.54) is 6.42 Å². The quantitative estimate of drug-likeness (QED) is 0.613. The highest BCUT2D eigenvalue weighted by Crippen LogP contribution is 2.22. The molecule has 0 aliphatic carbocycles. The van der Waals surface area contributed by atoms with Crippen LogP contribution in [0.25, 0.3) is 0 Å². The molecule has 0 saturated carbocycles. The van der Waals surface area contributed by atoms with Crippen molar-refractivity contribution in [1.29, 1.82) is 0 Å². The summed E-state index contributed by atoms with van der Waals surface area (Å²) in [4.78, 5) is 0. The molecule has 11 heavy (non-hydrogen) atoms. The van der Waals surface area contributed by atoms with E-state index in [-0.39, 0.29) is 12.1 Å². The Bertz CT molecular complexity index is 111. The van der Waals surface area contributed by atoms with Crippen LogP contribution < -0.4 is 5.32 Å². The molecule has 66 valence electrons. The summed E-state index contributed by atoms with van der Waals surface area (Å²) in [6.45, 7) is 1.99. The second kappa shape index (κ2) is 4.04. The molecular weight excluding hydrogens is 142 g/mol. The third-order valence-corrected chi connectivity index (χ3v) is 2.42. The SMILES string of the molecule is COCCC1(CO)CCCN1. The number of aliphatic hydroxyl groups excluding tert-OH is 1. The first-order chi connectivity index (χ1) is 5.33. The van der Waals surface area contributed by atoms with Crippen LogP contribution in [0.2, 0.25) is 0 Å². The molecule has 1 fully saturated rings. The van der Waals surface area contributed by atoms with Gasteiger partial charge in [-0.2, -0.15) is 0 Å². The summed E-state index contributed by atoms with van der Waals surface area (Å²) < 4.78 is 4.98. The maximum absolute atomic E-state index is 9.13. The van der Waals surface area contributed by atoms with E-state index in [2.05, 4.69) is 5.32 Å². The Morgan fingerprint density at radius 1 is 1.64 bits per heavy atom. The zero-order chi connectivity index (χ0) is 8.16. The lowest BCUT2D eigenvalue weighted by atomic mass is 9.95. The smallest absolute Gasteiger partial charge is 0.0614 e. The van der Waals surface area contributed by atoms with E-state index in [9.17, 15) is 0 Å². The molecule has 1 rings (SSSR count). The van der Waals surface area contributed by atoms with E-state index in [1.807, 2.05) is 0 Å². The first-order valence-electron chi connectivity index (χ1n) is 4.18. The van der Waals surface area contributed by atoms with Crippen molar-refractivity contribution in [2.75, 3.05) is 26.9 Å². The van der Waals surface area contributed by atoms with Crippen molar-refractivity contribution in [3.63, 3.8) is 0 Å². The highest BCUT2D eigenvalue weighted by Gasteiger charge is 2.31. The maximum Gasteiger partial charge on any atom is 0.0614 e. The molecule has 1 aliphatic rings. The van der Waals surface area contributed by atoms with Gasteiger partial charge in [0.2, 0.25) is 0 Å². The fourth-order valence-corrected chi connectivity index (χ4v) is 1.59. The van der Waals surface area contributed by atoms with Crippen molar-refractivity contribution in [1.82, 2.24) is 5.32 Å². The largest absolute Gasteiger partial charge is 0.394 e. The van der Waals surface area contributed by atoms with E-state index >= 15 is 0 Å². The molecule has 0 spiro atoms. The first kappa shape index (κ1) is 8.97. The van der Waals surface area contributed by atoms with Crippen molar-refractivity contribution in [3.8, 4) is 0 Å². The molecule has 1 aliphatic heterocycles. The summed E-state index contributed by atoms with van der Waals surface area (Å²) in [7, 11) is 1.69. The molecule has 1 saturated heterocycles. The number of rotatable bonds is 4. The number of nitrogens with one attached hydrogen (secondary N) is 1.